The SMILES string of the molecule is CC(C)(C)OC(=O)N1CCN(Cc2cccc([N+](=O)[O-])c2O)CC1. The number of para-hydroxylation sites is 1. The van der Waals surface area contributed by atoms with Gasteiger partial charge in [-0.05, 0) is 20.8 Å². The first-order chi connectivity index (χ1) is 11.2. The number of phenolic OH excluding ortho intramolecular Hbond substituents is 1. The minimum absolute atomic E-state index is 0.292. The molecule has 0 radical (unpaired) electrons. The molecule has 132 valence electrons. The monoisotopic (exact) mass is 337 g/mol. The van der Waals surface area contributed by atoms with Gasteiger partial charge < -0.3 is 14.7 Å². The molecule has 1 amide bonds. The molecule has 1 aromatic carbocycles. The van der Waals surface area contributed by atoms with Gasteiger partial charge in [-0.3, -0.25) is 15.0 Å². The smallest absolute Gasteiger partial charge is 0.410 e. The van der Waals surface area contributed by atoms with E-state index in [-0.39, 0.29) is 17.5 Å². The third-order valence-corrected chi connectivity index (χ3v) is 3.71. The van der Waals surface area contributed by atoms with Crippen molar-refractivity contribution in [1.82, 2.24) is 9.80 Å². The molecule has 1 fully saturated rings. The van der Waals surface area contributed by atoms with Crippen molar-refractivity contribution in [3.8, 4) is 5.75 Å². The van der Waals surface area contributed by atoms with Crippen molar-refractivity contribution in [2.45, 2.75) is 32.9 Å². The van der Waals surface area contributed by atoms with Gasteiger partial charge in [0.15, 0.2) is 5.75 Å². The molecule has 0 atom stereocenters. The van der Waals surface area contributed by atoms with E-state index in [9.17, 15) is 20.0 Å². The van der Waals surface area contributed by atoms with E-state index in [0.717, 1.165) is 0 Å². The Morgan fingerprint density at radius 2 is 1.92 bits per heavy atom. The molecule has 24 heavy (non-hydrogen) atoms. The van der Waals surface area contributed by atoms with Crippen molar-refractivity contribution in [2.75, 3.05) is 26.2 Å². The Morgan fingerprint density at radius 1 is 1.29 bits per heavy atom. The zero-order chi connectivity index (χ0) is 17.9. The summed E-state index contributed by atoms with van der Waals surface area (Å²) >= 11 is 0. The fourth-order valence-electron chi connectivity index (χ4n) is 2.51. The predicted molar refractivity (Wildman–Crippen MR) is 87.8 cm³/mol. The van der Waals surface area contributed by atoms with E-state index >= 15 is 0 Å². The van der Waals surface area contributed by atoms with Gasteiger partial charge in [-0.1, -0.05) is 12.1 Å². The van der Waals surface area contributed by atoms with Crippen LogP contribution in [0.5, 0.6) is 5.75 Å². The van der Waals surface area contributed by atoms with E-state index in [1.165, 1.54) is 6.07 Å². The van der Waals surface area contributed by atoms with Gasteiger partial charge in [-0.25, -0.2) is 4.79 Å². The molecule has 0 aliphatic carbocycles. The van der Waals surface area contributed by atoms with Gasteiger partial charge in [-0.15, -0.1) is 0 Å². The zero-order valence-electron chi connectivity index (χ0n) is 14.2. The number of hydrogen-bond donors (Lipinski definition) is 1. The highest BCUT2D eigenvalue weighted by molar-refractivity contribution is 5.68. The topological polar surface area (TPSA) is 96.2 Å². The van der Waals surface area contributed by atoms with Crippen LogP contribution in [0, 0.1) is 10.1 Å². The Balaban J connectivity index is 1.93. The number of rotatable bonds is 3. The standard InChI is InChI=1S/C16H23N3O5/c1-16(2,3)24-15(21)18-9-7-17(8-10-18)11-12-5-4-6-13(14(12)20)19(22)23/h4-6,20H,7-11H2,1-3H3. The van der Waals surface area contributed by atoms with Crippen molar-refractivity contribution in [2.24, 2.45) is 0 Å². The third-order valence-electron chi connectivity index (χ3n) is 3.71. The van der Waals surface area contributed by atoms with Crippen molar-refractivity contribution in [1.29, 1.82) is 0 Å². The highest BCUT2D eigenvalue weighted by Gasteiger charge is 2.26. The molecule has 0 saturated carbocycles. The minimum Gasteiger partial charge on any atom is -0.502 e. The van der Waals surface area contributed by atoms with Gasteiger partial charge in [0.05, 0.1) is 4.92 Å². The summed E-state index contributed by atoms with van der Waals surface area (Å²) in [5.41, 5.74) is -0.307. The zero-order valence-corrected chi connectivity index (χ0v) is 14.2. The molecule has 0 bridgehead atoms. The van der Waals surface area contributed by atoms with E-state index in [0.29, 0.717) is 38.3 Å². The van der Waals surface area contributed by atoms with Gasteiger partial charge in [0.25, 0.3) is 0 Å². The van der Waals surface area contributed by atoms with Crippen LogP contribution in [-0.4, -0.2) is 57.7 Å². The fourth-order valence-corrected chi connectivity index (χ4v) is 2.51. The van der Waals surface area contributed by atoms with Crippen LogP contribution >= 0.6 is 0 Å². The Morgan fingerprint density at radius 3 is 2.46 bits per heavy atom. The number of aromatic hydroxyl groups is 1. The van der Waals surface area contributed by atoms with Crippen molar-refractivity contribution in [3.63, 3.8) is 0 Å². The molecule has 0 unspecified atom stereocenters. The second-order valence-electron chi connectivity index (χ2n) is 6.79. The van der Waals surface area contributed by atoms with Crippen LogP contribution in [0.3, 0.4) is 0 Å². The lowest BCUT2D eigenvalue weighted by Crippen LogP contribution is -2.49. The van der Waals surface area contributed by atoms with Crippen LogP contribution in [0.25, 0.3) is 0 Å². The number of nitro benzene ring substituents is 1. The third kappa shape index (κ3) is 4.58. The molecule has 1 aliphatic rings. The van der Waals surface area contributed by atoms with E-state index in [2.05, 4.69) is 0 Å². The maximum absolute atomic E-state index is 12.0. The normalized spacial score (nSPS) is 16.0. The van der Waals surface area contributed by atoms with Crippen molar-refractivity contribution >= 4 is 11.8 Å². The molecule has 0 aromatic heterocycles. The Kier molecular flexibility index (Phi) is 5.28. The second kappa shape index (κ2) is 7.04. The number of amides is 1. The van der Waals surface area contributed by atoms with Crippen molar-refractivity contribution < 1.29 is 19.6 Å². The molecular weight excluding hydrogens is 314 g/mol. The Bertz CT molecular complexity index is 619. The molecule has 1 N–H and O–H groups in total. The molecule has 0 spiro atoms. The number of benzene rings is 1. The summed E-state index contributed by atoms with van der Waals surface area (Å²) in [5, 5.41) is 20.9. The summed E-state index contributed by atoms with van der Waals surface area (Å²) in [4.78, 5) is 26.0. The highest BCUT2D eigenvalue weighted by atomic mass is 16.6. The lowest BCUT2D eigenvalue weighted by molar-refractivity contribution is -0.385. The second-order valence-corrected chi connectivity index (χ2v) is 6.79. The number of phenols is 1. The summed E-state index contributed by atoms with van der Waals surface area (Å²) in [6, 6.07) is 4.51. The van der Waals surface area contributed by atoms with E-state index < -0.39 is 10.5 Å². The molecule has 8 heteroatoms. The summed E-state index contributed by atoms with van der Waals surface area (Å²) in [6.45, 7) is 8.14. The summed E-state index contributed by atoms with van der Waals surface area (Å²) in [5.74, 6) is -0.294. The molecule has 8 nitrogen and oxygen atoms in total. The molecule has 1 aromatic rings. The number of nitro groups is 1. The lowest BCUT2D eigenvalue weighted by atomic mass is 10.1. The Labute approximate surface area is 140 Å². The summed E-state index contributed by atoms with van der Waals surface area (Å²) in [6.07, 6.45) is -0.333. The maximum atomic E-state index is 12.0. The first-order valence-corrected chi connectivity index (χ1v) is 7.83. The van der Waals surface area contributed by atoms with Crippen LogP contribution in [-0.2, 0) is 11.3 Å². The van der Waals surface area contributed by atoms with Gasteiger partial charge in [0.2, 0.25) is 0 Å². The fraction of sp³-hybridized carbons (Fsp3) is 0.562. The van der Waals surface area contributed by atoms with Gasteiger partial charge in [-0.2, -0.15) is 0 Å². The van der Waals surface area contributed by atoms with Crippen molar-refractivity contribution in [3.05, 3.63) is 33.9 Å². The van der Waals surface area contributed by atoms with Gasteiger partial charge >= 0.3 is 11.8 Å². The largest absolute Gasteiger partial charge is 0.502 e. The van der Waals surface area contributed by atoms with E-state index in [4.69, 9.17) is 4.74 Å². The number of carbonyl (C=O) groups is 1. The summed E-state index contributed by atoms with van der Waals surface area (Å²) in [7, 11) is 0. The van der Waals surface area contributed by atoms with E-state index in [1.807, 2.05) is 25.7 Å². The average Bonchev–Trinajstić information content (AvgIpc) is 2.48. The van der Waals surface area contributed by atoms with Gasteiger partial charge in [0.1, 0.15) is 5.60 Å². The van der Waals surface area contributed by atoms with Crippen LogP contribution in [0.1, 0.15) is 26.3 Å². The summed E-state index contributed by atoms with van der Waals surface area (Å²) < 4.78 is 5.35. The van der Waals surface area contributed by atoms with Crippen LogP contribution < -0.4 is 0 Å². The Hall–Kier alpha value is -2.35. The van der Waals surface area contributed by atoms with Crippen LogP contribution in [0.15, 0.2) is 18.2 Å². The number of piperazine rings is 1. The lowest BCUT2D eigenvalue weighted by Gasteiger charge is -2.35. The highest BCUT2D eigenvalue weighted by Crippen LogP contribution is 2.30. The first kappa shape index (κ1) is 18.0. The first-order valence-electron chi connectivity index (χ1n) is 7.83. The average molecular weight is 337 g/mol. The molecule has 1 heterocycles. The van der Waals surface area contributed by atoms with Gasteiger partial charge in [0, 0.05) is 44.4 Å². The number of ether oxygens (including phenoxy) is 1. The number of carbonyl (C=O) groups excluding carboxylic acids is 1. The molecule has 2 rings (SSSR count). The molecule has 1 aliphatic heterocycles. The quantitative estimate of drug-likeness (QED) is 0.672. The number of hydrogen-bond acceptors (Lipinski definition) is 6. The molecular formula is C16H23N3O5. The predicted octanol–water partition coefficient (Wildman–Crippen LogP) is 2.35. The van der Waals surface area contributed by atoms with Crippen LogP contribution in [0.2, 0.25) is 0 Å². The minimum atomic E-state index is -0.598. The van der Waals surface area contributed by atoms with Crippen LogP contribution in [0.4, 0.5) is 10.5 Å². The number of nitrogens with zero attached hydrogens (tertiary/aromatic N) is 3. The molecule has 1 saturated heterocycles. The maximum Gasteiger partial charge on any atom is 0.410 e. The van der Waals surface area contributed by atoms with E-state index in [1.54, 1.807) is 17.0 Å².